The molecule has 11 nitrogen and oxygen atoms in total. The summed E-state index contributed by atoms with van der Waals surface area (Å²) in [5.74, 6) is -5.10. The molecule has 4 heterocycles. The quantitative estimate of drug-likeness (QED) is 0.589. The lowest BCUT2D eigenvalue weighted by Crippen LogP contribution is -2.52. The van der Waals surface area contributed by atoms with Gasteiger partial charge in [0.1, 0.15) is 6.04 Å². The van der Waals surface area contributed by atoms with Gasteiger partial charge in [-0.1, -0.05) is 5.21 Å². The number of piperidine rings is 1. The van der Waals surface area contributed by atoms with Crippen molar-refractivity contribution in [3.8, 4) is 5.69 Å². The average molecular weight is 488 g/mol. The molecule has 2 fully saturated rings. The lowest BCUT2D eigenvalue weighted by atomic mass is 9.99. The summed E-state index contributed by atoms with van der Waals surface area (Å²) in [5, 5.41) is 19.6. The smallest absolute Gasteiger partial charge is 0.276 e. The third-order valence-electron chi connectivity index (χ3n) is 6.75. The SMILES string of the molecule is CC1(CO)CC(F)(F)CN1C(=O)c1cn(-c2ccc3c(c2)CN(C2CCC(=O)NC2=O)C3=O)nn1. The van der Waals surface area contributed by atoms with Crippen LogP contribution in [0.5, 0.6) is 0 Å². The lowest BCUT2D eigenvalue weighted by Gasteiger charge is -2.31. The number of halogens is 2. The number of imide groups is 1. The molecule has 0 bridgehead atoms. The number of nitrogens with zero attached hydrogens (tertiary/aromatic N) is 5. The van der Waals surface area contributed by atoms with Gasteiger partial charge < -0.3 is 14.9 Å². The van der Waals surface area contributed by atoms with Crippen LogP contribution in [0.15, 0.2) is 24.4 Å². The molecule has 13 heteroatoms. The van der Waals surface area contributed by atoms with Crippen molar-refractivity contribution in [3.05, 3.63) is 41.2 Å². The number of rotatable bonds is 4. The van der Waals surface area contributed by atoms with Crippen molar-refractivity contribution >= 4 is 23.6 Å². The van der Waals surface area contributed by atoms with Gasteiger partial charge in [0.05, 0.1) is 30.6 Å². The van der Waals surface area contributed by atoms with Crippen LogP contribution >= 0.6 is 0 Å². The van der Waals surface area contributed by atoms with Crippen LogP contribution < -0.4 is 5.32 Å². The Morgan fingerprint density at radius 1 is 1.29 bits per heavy atom. The Kier molecular flexibility index (Phi) is 5.20. The first-order chi connectivity index (χ1) is 16.5. The van der Waals surface area contributed by atoms with E-state index in [0.29, 0.717) is 16.8 Å². The molecule has 184 valence electrons. The van der Waals surface area contributed by atoms with Gasteiger partial charge in [0.25, 0.3) is 17.7 Å². The minimum absolute atomic E-state index is 0.149. The second-order valence-electron chi connectivity index (χ2n) is 9.37. The first-order valence-corrected chi connectivity index (χ1v) is 11.0. The number of nitrogens with one attached hydrogen (secondary N) is 1. The zero-order valence-corrected chi connectivity index (χ0v) is 18.7. The van der Waals surface area contributed by atoms with Crippen LogP contribution in [-0.4, -0.2) is 84.2 Å². The molecule has 0 aliphatic carbocycles. The van der Waals surface area contributed by atoms with Gasteiger partial charge in [-0.2, -0.15) is 0 Å². The normalized spacial score (nSPS) is 25.7. The van der Waals surface area contributed by atoms with E-state index < -0.39 is 48.9 Å². The molecule has 1 aromatic carbocycles. The lowest BCUT2D eigenvalue weighted by molar-refractivity contribution is -0.136. The minimum atomic E-state index is -3.12. The molecule has 0 radical (unpaired) electrons. The van der Waals surface area contributed by atoms with Gasteiger partial charge in [-0.15, -0.1) is 5.10 Å². The fourth-order valence-corrected chi connectivity index (χ4v) is 4.92. The topological polar surface area (TPSA) is 138 Å². The highest BCUT2D eigenvalue weighted by Crippen LogP contribution is 2.40. The van der Waals surface area contributed by atoms with Gasteiger partial charge in [-0.25, -0.2) is 13.5 Å². The Morgan fingerprint density at radius 2 is 2.06 bits per heavy atom. The number of hydrogen-bond donors (Lipinski definition) is 2. The van der Waals surface area contributed by atoms with Gasteiger partial charge in [0, 0.05) is 24.9 Å². The summed E-state index contributed by atoms with van der Waals surface area (Å²) in [6.45, 7) is 0.104. The number of fused-ring (bicyclic) bond motifs is 1. The number of alkyl halides is 2. The molecule has 3 aliphatic rings. The van der Waals surface area contributed by atoms with E-state index in [0.717, 1.165) is 4.90 Å². The Morgan fingerprint density at radius 3 is 2.77 bits per heavy atom. The summed E-state index contributed by atoms with van der Waals surface area (Å²) in [5.41, 5.74) is -0.0628. The molecule has 2 saturated heterocycles. The summed E-state index contributed by atoms with van der Waals surface area (Å²) < 4.78 is 29.2. The van der Waals surface area contributed by atoms with Crippen LogP contribution in [-0.2, 0) is 16.1 Å². The van der Waals surface area contributed by atoms with E-state index in [1.54, 1.807) is 18.2 Å². The zero-order chi connectivity index (χ0) is 25.1. The van der Waals surface area contributed by atoms with E-state index >= 15 is 0 Å². The average Bonchev–Trinajstić information content (AvgIpc) is 3.48. The van der Waals surface area contributed by atoms with E-state index in [4.69, 9.17) is 0 Å². The van der Waals surface area contributed by atoms with Crippen LogP contribution in [0.2, 0.25) is 0 Å². The molecule has 4 amide bonds. The number of amides is 4. The molecule has 2 N–H and O–H groups in total. The van der Waals surface area contributed by atoms with E-state index in [1.807, 2.05) is 0 Å². The molecule has 2 atom stereocenters. The van der Waals surface area contributed by atoms with E-state index in [1.165, 1.54) is 22.7 Å². The molecule has 0 saturated carbocycles. The second-order valence-corrected chi connectivity index (χ2v) is 9.37. The predicted octanol–water partition coefficient (Wildman–Crippen LogP) is 0.260. The van der Waals surface area contributed by atoms with Crippen molar-refractivity contribution in [1.82, 2.24) is 30.1 Å². The fraction of sp³-hybridized carbons (Fsp3) is 0.455. The third kappa shape index (κ3) is 3.85. The first-order valence-electron chi connectivity index (χ1n) is 11.0. The number of aliphatic hydroxyl groups is 1. The van der Waals surface area contributed by atoms with E-state index in [-0.39, 0.29) is 36.9 Å². The number of hydrogen-bond acceptors (Lipinski definition) is 7. The summed E-state index contributed by atoms with van der Waals surface area (Å²) in [6, 6.07) is 4.09. The molecule has 35 heavy (non-hydrogen) atoms. The standard InChI is InChI=1S/C22H22F2N6O5/c1-21(11-31)9-22(23,24)10-29(21)20(35)15-8-30(27-26-15)13-2-3-14-12(6-13)7-28(19(14)34)16-4-5-17(32)25-18(16)33/h2-3,6,8,16,31H,4-5,7,9-11H2,1H3,(H,25,32,33). The minimum Gasteiger partial charge on any atom is -0.394 e. The predicted molar refractivity (Wildman–Crippen MR) is 113 cm³/mol. The number of aromatic nitrogens is 3. The van der Waals surface area contributed by atoms with Gasteiger partial charge in [-0.3, -0.25) is 24.5 Å². The molecule has 1 aromatic heterocycles. The monoisotopic (exact) mass is 488 g/mol. The number of aliphatic hydroxyl groups excluding tert-OH is 1. The highest BCUT2D eigenvalue weighted by molar-refractivity contribution is 6.05. The number of benzene rings is 1. The number of likely N-dealkylation sites (tertiary alicyclic amines) is 1. The summed E-state index contributed by atoms with van der Waals surface area (Å²) in [6.07, 6.45) is 1.04. The zero-order valence-electron chi connectivity index (χ0n) is 18.7. The Bertz CT molecular complexity index is 1260. The van der Waals surface area contributed by atoms with Gasteiger partial charge >= 0.3 is 0 Å². The van der Waals surface area contributed by atoms with Crippen LogP contribution in [0, 0.1) is 0 Å². The van der Waals surface area contributed by atoms with E-state index in [9.17, 15) is 33.1 Å². The molecule has 5 rings (SSSR count). The Labute approximate surface area is 197 Å². The number of carbonyl (C=O) groups excluding carboxylic acids is 4. The van der Waals surface area contributed by atoms with Crippen molar-refractivity contribution in [2.24, 2.45) is 0 Å². The van der Waals surface area contributed by atoms with Crippen molar-refractivity contribution < 1.29 is 33.1 Å². The van der Waals surface area contributed by atoms with E-state index in [2.05, 4.69) is 15.6 Å². The Hall–Kier alpha value is -3.74. The largest absolute Gasteiger partial charge is 0.394 e. The van der Waals surface area contributed by atoms with Gasteiger partial charge in [0.2, 0.25) is 11.8 Å². The molecule has 0 spiro atoms. The van der Waals surface area contributed by atoms with Gasteiger partial charge in [0.15, 0.2) is 5.69 Å². The third-order valence-corrected chi connectivity index (χ3v) is 6.75. The maximum Gasteiger partial charge on any atom is 0.276 e. The van der Waals surface area contributed by atoms with Crippen LogP contribution in [0.4, 0.5) is 8.78 Å². The number of carbonyl (C=O) groups is 4. The molecule has 3 aliphatic heterocycles. The fourth-order valence-electron chi connectivity index (χ4n) is 4.92. The van der Waals surface area contributed by atoms with Crippen molar-refractivity contribution in [2.75, 3.05) is 13.2 Å². The van der Waals surface area contributed by atoms with Crippen molar-refractivity contribution in [2.45, 2.75) is 50.2 Å². The molecular weight excluding hydrogens is 466 g/mol. The summed E-state index contributed by atoms with van der Waals surface area (Å²) in [4.78, 5) is 51.7. The maximum absolute atomic E-state index is 14.0. The van der Waals surface area contributed by atoms with Crippen molar-refractivity contribution in [1.29, 1.82) is 0 Å². The van der Waals surface area contributed by atoms with Crippen LogP contribution in [0.3, 0.4) is 0 Å². The molecule has 2 unspecified atom stereocenters. The maximum atomic E-state index is 14.0. The van der Waals surface area contributed by atoms with Gasteiger partial charge in [-0.05, 0) is 37.1 Å². The van der Waals surface area contributed by atoms with Crippen molar-refractivity contribution in [3.63, 3.8) is 0 Å². The van der Waals surface area contributed by atoms with Crippen LogP contribution in [0.1, 0.15) is 52.6 Å². The summed E-state index contributed by atoms with van der Waals surface area (Å²) in [7, 11) is 0. The summed E-state index contributed by atoms with van der Waals surface area (Å²) >= 11 is 0. The molecule has 2 aromatic rings. The highest BCUT2D eigenvalue weighted by atomic mass is 19.3. The first kappa shape index (κ1) is 23.0. The second kappa shape index (κ2) is 7.90. The molecular formula is C22H22F2N6O5. The highest BCUT2D eigenvalue weighted by Gasteiger charge is 2.54. The van der Waals surface area contributed by atoms with Crippen LogP contribution in [0.25, 0.3) is 5.69 Å². The Balaban J connectivity index is 1.36.